The Morgan fingerprint density at radius 1 is 0.692 bits per heavy atom. The normalized spacial score (nSPS) is 11.8. The minimum atomic E-state index is 0.311. The van der Waals surface area contributed by atoms with E-state index >= 15 is 0 Å². The summed E-state index contributed by atoms with van der Waals surface area (Å²) < 4.78 is 0. The van der Waals surface area contributed by atoms with Crippen molar-refractivity contribution in [2.75, 3.05) is 0 Å². The van der Waals surface area contributed by atoms with Gasteiger partial charge in [-0.25, -0.2) is 0 Å². The molecular weight excluding hydrogens is 318 g/mol. The second-order valence-corrected chi connectivity index (χ2v) is 8.32. The van der Waals surface area contributed by atoms with E-state index in [9.17, 15) is 4.79 Å². The Bertz CT molecular complexity index is 338. The van der Waals surface area contributed by atoms with Crippen molar-refractivity contribution in [2.24, 2.45) is 0 Å². The van der Waals surface area contributed by atoms with Gasteiger partial charge in [0.15, 0.2) is 0 Å². The minimum absolute atomic E-state index is 0.311. The molecule has 0 fully saturated rings. The second kappa shape index (κ2) is 17.6. The molecule has 0 rings (SSSR count). The van der Waals surface area contributed by atoms with Crippen molar-refractivity contribution >= 4 is 5.91 Å². The first-order chi connectivity index (χ1) is 12.5. The van der Waals surface area contributed by atoms with Crippen LogP contribution >= 0.6 is 0 Å². The third-order valence-electron chi connectivity index (χ3n) is 5.05. The first-order valence-electron chi connectivity index (χ1n) is 11.5. The van der Waals surface area contributed by atoms with Gasteiger partial charge in [-0.1, -0.05) is 70.4 Å². The Morgan fingerprint density at radius 2 is 1.12 bits per heavy atom. The maximum Gasteiger partial charge on any atom is 0.223 e. The zero-order valence-electron chi connectivity index (χ0n) is 18.6. The molecule has 0 aliphatic rings. The third kappa shape index (κ3) is 14.4. The molecule has 0 heterocycles. The fourth-order valence-corrected chi connectivity index (χ4v) is 3.65. The zero-order valence-corrected chi connectivity index (χ0v) is 18.6. The van der Waals surface area contributed by atoms with Gasteiger partial charge in [-0.3, -0.25) is 4.79 Å². The van der Waals surface area contributed by atoms with Crippen LogP contribution in [-0.4, -0.2) is 22.9 Å². The van der Waals surface area contributed by atoms with Crippen LogP contribution in [0.25, 0.3) is 0 Å². The van der Waals surface area contributed by atoms with Crippen molar-refractivity contribution in [3.63, 3.8) is 0 Å². The van der Waals surface area contributed by atoms with Crippen LogP contribution in [0.1, 0.15) is 125 Å². The van der Waals surface area contributed by atoms with Crippen molar-refractivity contribution in [3.05, 3.63) is 12.2 Å². The number of allylic oxidation sites excluding steroid dienone is 2. The number of amides is 1. The monoisotopic (exact) mass is 365 g/mol. The molecule has 0 aromatic rings. The molecular formula is C24H47NO. The van der Waals surface area contributed by atoms with Crippen LogP contribution in [0.3, 0.4) is 0 Å². The van der Waals surface area contributed by atoms with Gasteiger partial charge >= 0.3 is 0 Å². The highest BCUT2D eigenvalue weighted by Gasteiger charge is 2.18. The smallest absolute Gasteiger partial charge is 0.223 e. The summed E-state index contributed by atoms with van der Waals surface area (Å²) in [5.74, 6) is 0.327. The van der Waals surface area contributed by atoms with E-state index in [2.05, 4.69) is 46.8 Å². The first kappa shape index (κ1) is 25.2. The zero-order chi connectivity index (χ0) is 19.6. The van der Waals surface area contributed by atoms with E-state index < -0.39 is 0 Å². The van der Waals surface area contributed by atoms with Gasteiger partial charge in [-0.2, -0.15) is 0 Å². The van der Waals surface area contributed by atoms with Crippen LogP contribution in [0.5, 0.6) is 0 Å². The lowest BCUT2D eigenvalue weighted by Crippen LogP contribution is -2.41. The molecule has 154 valence electrons. The van der Waals surface area contributed by atoms with Gasteiger partial charge in [-0.05, 0) is 59.8 Å². The number of carbonyl (C=O) groups excluding carboxylic acids is 1. The fourth-order valence-electron chi connectivity index (χ4n) is 3.65. The number of hydrogen-bond donors (Lipinski definition) is 0. The van der Waals surface area contributed by atoms with Crippen molar-refractivity contribution in [2.45, 2.75) is 137 Å². The van der Waals surface area contributed by atoms with E-state index in [-0.39, 0.29) is 0 Å². The summed E-state index contributed by atoms with van der Waals surface area (Å²) in [4.78, 5) is 14.3. The largest absolute Gasteiger partial charge is 0.338 e. The second-order valence-electron chi connectivity index (χ2n) is 8.32. The van der Waals surface area contributed by atoms with Gasteiger partial charge in [0.2, 0.25) is 5.91 Å². The summed E-state index contributed by atoms with van der Waals surface area (Å²) in [7, 11) is 0. The highest BCUT2D eigenvalue weighted by atomic mass is 16.2. The van der Waals surface area contributed by atoms with Crippen molar-refractivity contribution in [3.8, 4) is 0 Å². The molecule has 0 saturated carbocycles. The number of hydrogen-bond acceptors (Lipinski definition) is 1. The lowest BCUT2D eigenvalue weighted by Gasteiger charge is -2.30. The SMILES string of the molecule is CCCCCCCC/C=C/CCCCCCCC(=O)N(C(C)C)C(C)C. The maximum atomic E-state index is 12.3. The van der Waals surface area contributed by atoms with Crippen LogP contribution in [0.4, 0.5) is 0 Å². The molecule has 26 heavy (non-hydrogen) atoms. The molecule has 0 aliphatic carbocycles. The van der Waals surface area contributed by atoms with Gasteiger partial charge < -0.3 is 4.90 Å². The van der Waals surface area contributed by atoms with Gasteiger partial charge in [0.25, 0.3) is 0 Å². The summed E-state index contributed by atoms with van der Waals surface area (Å²) in [6.07, 6.45) is 22.4. The minimum Gasteiger partial charge on any atom is -0.338 e. The van der Waals surface area contributed by atoms with E-state index in [0.29, 0.717) is 24.4 Å². The van der Waals surface area contributed by atoms with Gasteiger partial charge in [0.1, 0.15) is 0 Å². The van der Waals surface area contributed by atoms with Gasteiger partial charge in [0, 0.05) is 18.5 Å². The number of rotatable bonds is 17. The van der Waals surface area contributed by atoms with E-state index in [1.807, 2.05) is 4.90 Å². The van der Waals surface area contributed by atoms with Crippen LogP contribution in [0.2, 0.25) is 0 Å². The predicted octanol–water partition coefficient (Wildman–Crippen LogP) is 7.67. The van der Waals surface area contributed by atoms with Crippen LogP contribution in [-0.2, 0) is 4.79 Å². The molecule has 0 aromatic carbocycles. The van der Waals surface area contributed by atoms with E-state index in [0.717, 1.165) is 6.42 Å². The summed E-state index contributed by atoms with van der Waals surface area (Å²) >= 11 is 0. The Labute approximate surface area is 164 Å². The number of carbonyl (C=O) groups is 1. The van der Waals surface area contributed by atoms with Crippen molar-refractivity contribution < 1.29 is 4.79 Å². The molecule has 0 aromatic heterocycles. The molecule has 0 aliphatic heterocycles. The quantitative estimate of drug-likeness (QED) is 0.191. The summed E-state index contributed by atoms with van der Waals surface area (Å²) in [6, 6.07) is 0.622. The lowest BCUT2D eigenvalue weighted by molar-refractivity contribution is -0.134. The number of unbranched alkanes of at least 4 members (excludes halogenated alkanes) is 11. The topological polar surface area (TPSA) is 20.3 Å². The molecule has 0 N–H and O–H groups in total. The van der Waals surface area contributed by atoms with Crippen LogP contribution in [0.15, 0.2) is 12.2 Å². The van der Waals surface area contributed by atoms with Crippen LogP contribution in [0, 0.1) is 0 Å². The Balaban J connectivity index is 3.45. The fraction of sp³-hybridized carbons (Fsp3) is 0.875. The molecule has 0 saturated heterocycles. The Hall–Kier alpha value is -0.790. The first-order valence-corrected chi connectivity index (χ1v) is 11.5. The average Bonchev–Trinajstić information content (AvgIpc) is 2.57. The molecule has 1 amide bonds. The predicted molar refractivity (Wildman–Crippen MR) is 117 cm³/mol. The summed E-state index contributed by atoms with van der Waals surface area (Å²) in [5.41, 5.74) is 0. The third-order valence-corrected chi connectivity index (χ3v) is 5.05. The molecule has 0 bridgehead atoms. The standard InChI is InChI=1S/C24H47NO/c1-6-7-8-9-10-11-12-13-14-15-16-17-18-19-20-21-24(26)25(22(2)3)23(4)5/h13-14,22-23H,6-12,15-21H2,1-5H3/b14-13+. The molecule has 0 atom stereocenters. The lowest BCUT2D eigenvalue weighted by atomic mass is 10.1. The molecule has 2 heteroatoms. The van der Waals surface area contributed by atoms with E-state index in [4.69, 9.17) is 0 Å². The summed E-state index contributed by atoms with van der Waals surface area (Å²) in [6.45, 7) is 10.7. The number of nitrogens with zero attached hydrogens (tertiary/aromatic N) is 1. The van der Waals surface area contributed by atoms with E-state index in [1.54, 1.807) is 0 Å². The van der Waals surface area contributed by atoms with E-state index in [1.165, 1.54) is 77.0 Å². The summed E-state index contributed by atoms with van der Waals surface area (Å²) in [5, 5.41) is 0. The molecule has 0 unspecified atom stereocenters. The van der Waals surface area contributed by atoms with Crippen molar-refractivity contribution in [1.29, 1.82) is 0 Å². The van der Waals surface area contributed by atoms with Crippen LogP contribution < -0.4 is 0 Å². The van der Waals surface area contributed by atoms with Gasteiger partial charge in [0.05, 0.1) is 0 Å². The highest BCUT2D eigenvalue weighted by Crippen LogP contribution is 2.13. The Kier molecular flexibility index (Phi) is 17.1. The van der Waals surface area contributed by atoms with Crippen molar-refractivity contribution in [1.82, 2.24) is 4.90 Å². The average molecular weight is 366 g/mol. The van der Waals surface area contributed by atoms with Gasteiger partial charge in [-0.15, -0.1) is 0 Å². The highest BCUT2D eigenvalue weighted by molar-refractivity contribution is 5.76. The molecule has 0 spiro atoms. The Morgan fingerprint density at radius 3 is 1.58 bits per heavy atom. The molecule has 2 nitrogen and oxygen atoms in total. The molecule has 0 radical (unpaired) electrons. The maximum absolute atomic E-state index is 12.3.